The third-order valence-electron chi connectivity index (χ3n) is 4.66. The minimum Gasteiger partial charge on any atom is -0.375 e. The van der Waals surface area contributed by atoms with Crippen molar-refractivity contribution in [3.63, 3.8) is 0 Å². The molecule has 2 fully saturated rings. The standard InChI is InChI=1S/C15H28N2O2/c1-4-15(7-5-8-16-11-15)13(18)17-12-6-9-19-14(2,3)10-12/h12,16H,4-11H2,1-3H3,(H,17,18). The van der Waals surface area contributed by atoms with Crippen LogP contribution in [-0.4, -0.2) is 37.2 Å². The van der Waals surface area contributed by atoms with Gasteiger partial charge in [0, 0.05) is 19.2 Å². The lowest BCUT2D eigenvalue weighted by molar-refractivity contribution is -0.135. The Morgan fingerprint density at radius 2 is 2.26 bits per heavy atom. The molecule has 2 aliphatic rings. The summed E-state index contributed by atoms with van der Waals surface area (Å²) in [4.78, 5) is 12.6. The Morgan fingerprint density at radius 1 is 1.47 bits per heavy atom. The topological polar surface area (TPSA) is 50.4 Å². The van der Waals surface area contributed by atoms with Gasteiger partial charge < -0.3 is 15.4 Å². The number of ether oxygens (including phenoxy) is 1. The Hall–Kier alpha value is -0.610. The lowest BCUT2D eigenvalue weighted by atomic mass is 9.77. The maximum absolute atomic E-state index is 12.6. The first-order valence-corrected chi connectivity index (χ1v) is 7.63. The molecule has 2 N–H and O–H groups in total. The summed E-state index contributed by atoms with van der Waals surface area (Å²) in [5.74, 6) is 0.241. The summed E-state index contributed by atoms with van der Waals surface area (Å²) >= 11 is 0. The van der Waals surface area contributed by atoms with E-state index in [-0.39, 0.29) is 23.0 Å². The minimum absolute atomic E-state index is 0.111. The van der Waals surface area contributed by atoms with Crippen LogP contribution < -0.4 is 10.6 Å². The Labute approximate surface area is 116 Å². The summed E-state index contributed by atoms with van der Waals surface area (Å²) in [7, 11) is 0. The van der Waals surface area contributed by atoms with Crippen molar-refractivity contribution in [3.8, 4) is 0 Å². The van der Waals surface area contributed by atoms with Crippen LogP contribution in [0.4, 0.5) is 0 Å². The molecule has 0 aliphatic carbocycles. The van der Waals surface area contributed by atoms with Crippen LogP contribution in [0.3, 0.4) is 0 Å². The highest BCUT2D eigenvalue weighted by Gasteiger charge is 2.39. The molecule has 0 aromatic carbocycles. The molecular formula is C15H28N2O2. The van der Waals surface area contributed by atoms with E-state index in [0.717, 1.165) is 51.8 Å². The van der Waals surface area contributed by atoms with Crippen LogP contribution in [0.5, 0.6) is 0 Å². The number of piperidine rings is 1. The van der Waals surface area contributed by atoms with Gasteiger partial charge in [0.1, 0.15) is 0 Å². The number of hydrogen-bond donors (Lipinski definition) is 2. The Balaban J connectivity index is 1.95. The van der Waals surface area contributed by atoms with Crippen LogP contribution in [0.15, 0.2) is 0 Å². The fourth-order valence-electron chi connectivity index (χ4n) is 3.32. The molecule has 4 nitrogen and oxygen atoms in total. The van der Waals surface area contributed by atoms with Crippen molar-refractivity contribution >= 4 is 5.91 Å². The number of amides is 1. The molecular weight excluding hydrogens is 240 g/mol. The first-order valence-electron chi connectivity index (χ1n) is 7.63. The second-order valence-electron chi connectivity index (χ2n) is 6.69. The first-order chi connectivity index (χ1) is 8.97. The lowest BCUT2D eigenvalue weighted by Gasteiger charge is -2.40. The third kappa shape index (κ3) is 3.48. The molecule has 19 heavy (non-hydrogen) atoms. The summed E-state index contributed by atoms with van der Waals surface area (Å²) in [5.41, 5.74) is -0.304. The second-order valence-corrected chi connectivity index (χ2v) is 6.69. The summed E-state index contributed by atoms with van der Waals surface area (Å²) in [6, 6.07) is 0.265. The molecule has 1 amide bonds. The van der Waals surface area contributed by atoms with Crippen molar-refractivity contribution < 1.29 is 9.53 Å². The van der Waals surface area contributed by atoms with Gasteiger partial charge >= 0.3 is 0 Å². The fraction of sp³-hybridized carbons (Fsp3) is 0.933. The highest BCUT2D eigenvalue weighted by Crippen LogP contribution is 2.31. The van der Waals surface area contributed by atoms with E-state index in [4.69, 9.17) is 4.74 Å². The van der Waals surface area contributed by atoms with E-state index in [0.29, 0.717) is 0 Å². The van der Waals surface area contributed by atoms with E-state index in [1.165, 1.54) is 0 Å². The zero-order valence-corrected chi connectivity index (χ0v) is 12.6. The van der Waals surface area contributed by atoms with Crippen molar-refractivity contribution in [2.75, 3.05) is 19.7 Å². The summed E-state index contributed by atoms with van der Waals surface area (Å²) in [6.45, 7) is 8.93. The summed E-state index contributed by atoms with van der Waals surface area (Å²) < 4.78 is 5.71. The molecule has 2 aliphatic heterocycles. The predicted molar refractivity (Wildman–Crippen MR) is 76.0 cm³/mol. The highest BCUT2D eigenvalue weighted by atomic mass is 16.5. The van der Waals surface area contributed by atoms with Crippen LogP contribution in [0.2, 0.25) is 0 Å². The molecule has 110 valence electrons. The smallest absolute Gasteiger partial charge is 0.227 e. The Bertz CT molecular complexity index is 322. The molecule has 2 atom stereocenters. The van der Waals surface area contributed by atoms with Gasteiger partial charge in [-0.3, -0.25) is 4.79 Å². The molecule has 2 saturated heterocycles. The number of carbonyl (C=O) groups excluding carboxylic acids is 1. The largest absolute Gasteiger partial charge is 0.375 e. The predicted octanol–water partition coefficient (Wildman–Crippen LogP) is 1.84. The van der Waals surface area contributed by atoms with Crippen molar-refractivity contribution in [1.82, 2.24) is 10.6 Å². The third-order valence-corrected chi connectivity index (χ3v) is 4.66. The monoisotopic (exact) mass is 268 g/mol. The Morgan fingerprint density at radius 3 is 2.84 bits per heavy atom. The van der Waals surface area contributed by atoms with E-state index in [2.05, 4.69) is 31.4 Å². The highest BCUT2D eigenvalue weighted by molar-refractivity contribution is 5.83. The molecule has 0 spiro atoms. The van der Waals surface area contributed by atoms with Crippen LogP contribution in [0, 0.1) is 5.41 Å². The van der Waals surface area contributed by atoms with Crippen molar-refractivity contribution in [3.05, 3.63) is 0 Å². The molecule has 2 rings (SSSR count). The van der Waals surface area contributed by atoms with Crippen LogP contribution in [-0.2, 0) is 9.53 Å². The molecule has 2 heterocycles. The normalized spacial score (nSPS) is 34.8. The van der Waals surface area contributed by atoms with Gasteiger partial charge in [-0.05, 0) is 52.5 Å². The average molecular weight is 268 g/mol. The van der Waals surface area contributed by atoms with Gasteiger partial charge in [0.15, 0.2) is 0 Å². The number of nitrogens with one attached hydrogen (secondary N) is 2. The van der Waals surface area contributed by atoms with Crippen molar-refractivity contribution in [2.24, 2.45) is 5.41 Å². The minimum atomic E-state index is -0.194. The SMILES string of the molecule is CCC1(C(=O)NC2CCOC(C)(C)C2)CCCNC1. The van der Waals surface area contributed by atoms with E-state index >= 15 is 0 Å². The fourth-order valence-corrected chi connectivity index (χ4v) is 3.32. The molecule has 0 radical (unpaired) electrons. The number of rotatable bonds is 3. The summed E-state index contributed by atoms with van der Waals surface area (Å²) in [5, 5.41) is 6.65. The van der Waals surface area contributed by atoms with Crippen LogP contribution in [0.1, 0.15) is 52.9 Å². The van der Waals surface area contributed by atoms with Gasteiger partial charge in [-0.25, -0.2) is 0 Å². The average Bonchev–Trinajstić information content (AvgIpc) is 2.38. The Kier molecular flexibility index (Phi) is 4.51. The molecule has 0 saturated carbocycles. The maximum atomic E-state index is 12.6. The van der Waals surface area contributed by atoms with E-state index in [1.54, 1.807) is 0 Å². The molecule has 4 heteroatoms. The van der Waals surface area contributed by atoms with E-state index in [9.17, 15) is 4.79 Å². The number of hydrogen-bond acceptors (Lipinski definition) is 3. The van der Waals surface area contributed by atoms with Gasteiger partial charge in [0.25, 0.3) is 0 Å². The quantitative estimate of drug-likeness (QED) is 0.821. The van der Waals surface area contributed by atoms with E-state index < -0.39 is 0 Å². The van der Waals surface area contributed by atoms with Gasteiger partial charge in [-0.1, -0.05) is 6.92 Å². The number of carbonyl (C=O) groups is 1. The van der Waals surface area contributed by atoms with Crippen LogP contribution >= 0.6 is 0 Å². The molecule has 0 aromatic heterocycles. The van der Waals surface area contributed by atoms with E-state index in [1.807, 2.05) is 0 Å². The summed E-state index contributed by atoms with van der Waals surface area (Å²) in [6.07, 6.45) is 4.86. The van der Waals surface area contributed by atoms with Crippen molar-refractivity contribution in [2.45, 2.75) is 64.5 Å². The zero-order chi connectivity index (χ0) is 13.9. The first kappa shape index (κ1) is 14.8. The zero-order valence-electron chi connectivity index (χ0n) is 12.6. The van der Waals surface area contributed by atoms with Gasteiger partial charge in [0.05, 0.1) is 11.0 Å². The second kappa shape index (κ2) is 5.80. The van der Waals surface area contributed by atoms with Gasteiger partial charge in [-0.15, -0.1) is 0 Å². The van der Waals surface area contributed by atoms with Gasteiger partial charge in [0.2, 0.25) is 5.91 Å². The molecule has 0 bridgehead atoms. The maximum Gasteiger partial charge on any atom is 0.227 e. The van der Waals surface area contributed by atoms with Gasteiger partial charge in [-0.2, -0.15) is 0 Å². The van der Waals surface area contributed by atoms with Crippen molar-refractivity contribution in [1.29, 1.82) is 0 Å². The molecule has 2 unspecified atom stereocenters. The van der Waals surface area contributed by atoms with Crippen LogP contribution in [0.25, 0.3) is 0 Å². The molecule has 0 aromatic rings. The lowest BCUT2D eigenvalue weighted by Crippen LogP contribution is -2.54.